The van der Waals surface area contributed by atoms with E-state index in [9.17, 15) is 18.0 Å². The van der Waals surface area contributed by atoms with Gasteiger partial charge in [0, 0.05) is 5.56 Å². The molecule has 1 aromatic heterocycles. The molecule has 4 nitrogen and oxygen atoms in total. The van der Waals surface area contributed by atoms with Crippen LogP contribution in [0.1, 0.15) is 16.2 Å². The average Bonchev–Trinajstić information content (AvgIpc) is 2.76. The molecule has 0 aliphatic heterocycles. The third-order valence-corrected chi connectivity index (χ3v) is 2.00. The molecule has 0 atom stereocenters. The highest BCUT2D eigenvalue weighted by Gasteiger charge is 2.30. The van der Waals surface area contributed by atoms with Crippen molar-refractivity contribution in [3.63, 3.8) is 0 Å². The lowest BCUT2D eigenvalue weighted by molar-refractivity contribution is -0.137. The fourth-order valence-corrected chi connectivity index (χ4v) is 1.20. The van der Waals surface area contributed by atoms with Gasteiger partial charge in [0.05, 0.1) is 5.56 Å². The van der Waals surface area contributed by atoms with E-state index in [1.165, 1.54) is 12.1 Å². The number of aldehydes is 1. The first-order valence-corrected chi connectivity index (χ1v) is 4.47. The number of halogens is 3. The molecule has 0 saturated carbocycles. The molecule has 0 N–H and O–H groups in total. The van der Waals surface area contributed by atoms with Crippen molar-refractivity contribution in [2.75, 3.05) is 0 Å². The monoisotopic (exact) mass is 242 g/mol. The van der Waals surface area contributed by atoms with Gasteiger partial charge in [0.1, 0.15) is 0 Å². The number of benzene rings is 1. The molecule has 1 heterocycles. The average molecular weight is 242 g/mol. The van der Waals surface area contributed by atoms with Crippen LogP contribution in [0.15, 0.2) is 28.7 Å². The minimum atomic E-state index is -4.39. The maximum absolute atomic E-state index is 12.3. The molecule has 88 valence electrons. The molecule has 0 aliphatic carbocycles. The van der Waals surface area contributed by atoms with Crippen molar-refractivity contribution in [2.24, 2.45) is 0 Å². The number of hydrogen-bond donors (Lipinski definition) is 0. The lowest BCUT2D eigenvalue weighted by Crippen LogP contribution is -2.03. The summed E-state index contributed by atoms with van der Waals surface area (Å²) < 4.78 is 41.7. The quantitative estimate of drug-likeness (QED) is 0.759. The Balaban J connectivity index is 2.32. The standard InChI is InChI=1S/C10H5F3N2O2/c11-10(12,13)7-3-1-6(2-4-7)9-15-14-8(5-16)17-9/h1-5H. The topological polar surface area (TPSA) is 56.0 Å². The Kier molecular flexibility index (Phi) is 2.66. The van der Waals surface area contributed by atoms with Crippen LogP contribution in [-0.4, -0.2) is 16.5 Å². The van der Waals surface area contributed by atoms with Crippen molar-refractivity contribution in [2.45, 2.75) is 6.18 Å². The van der Waals surface area contributed by atoms with E-state index in [2.05, 4.69) is 10.2 Å². The summed E-state index contributed by atoms with van der Waals surface area (Å²) in [4.78, 5) is 10.3. The Morgan fingerprint density at radius 2 is 1.76 bits per heavy atom. The van der Waals surface area contributed by atoms with Crippen LogP contribution in [0.2, 0.25) is 0 Å². The summed E-state index contributed by atoms with van der Waals surface area (Å²) >= 11 is 0. The first-order valence-electron chi connectivity index (χ1n) is 4.47. The van der Waals surface area contributed by atoms with Crippen molar-refractivity contribution >= 4 is 6.29 Å². The highest BCUT2D eigenvalue weighted by atomic mass is 19.4. The number of rotatable bonds is 2. The van der Waals surface area contributed by atoms with Crippen LogP contribution in [0.4, 0.5) is 13.2 Å². The SMILES string of the molecule is O=Cc1nnc(-c2ccc(C(F)(F)F)cc2)o1. The van der Waals surface area contributed by atoms with Crippen molar-refractivity contribution < 1.29 is 22.4 Å². The number of hydrogen-bond acceptors (Lipinski definition) is 4. The normalized spacial score (nSPS) is 11.5. The smallest absolute Gasteiger partial charge is 0.414 e. The molecule has 0 saturated heterocycles. The largest absolute Gasteiger partial charge is 0.416 e. The molecule has 2 rings (SSSR count). The number of carbonyl (C=O) groups excluding carboxylic acids is 1. The molecule has 2 aromatic rings. The molecular weight excluding hydrogens is 237 g/mol. The summed E-state index contributed by atoms with van der Waals surface area (Å²) in [5.41, 5.74) is -0.449. The molecule has 17 heavy (non-hydrogen) atoms. The molecule has 0 bridgehead atoms. The maximum Gasteiger partial charge on any atom is 0.416 e. The van der Waals surface area contributed by atoms with Gasteiger partial charge in [-0.15, -0.1) is 10.2 Å². The molecule has 0 fully saturated rings. The first-order chi connectivity index (χ1) is 8.00. The van der Waals surface area contributed by atoms with E-state index in [0.29, 0.717) is 11.8 Å². The summed E-state index contributed by atoms with van der Waals surface area (Å²) in [6, 6.07) is 4.20. The van der Waals surface area contributed by atoms with Crippen LogP contribution in [0.25, 0.3) is 11.5 Å². The highest BCUT2D eigenvalue weighted by Crippen LogP contribution is 2.30. The second-order valence-corrected chi connectivity index (χ2v) is 3.14. The molecule has 0 aliphatic rings. The Labute approximate surface area is 93.1 Å². The van der Waals surface area contributed by atoms with E-state index in [0.717, 1.165) is 12.1 Å². The Morgan fingerprint density at radius 1 is 1.12 bits per heavy atom. The molecule has 0 unspecified atom stereocenters. The van der Waals surface area contributed by atoms with Gasteiger partial charge in [0.15, 0.2) is 0 Å². The number of nitrogens with zero attached hydrogens (tertiary/aromatic N) is 2. The lowest BCUT2D eigenvalue weighted by atomic mass is 10.1. The van der Waals surface area contributed by atoms with E-state index in [4.69, 9.17) is 4.42 Å². The van der Waals surface area contributed by atoms with Gasteiger partial charge < -0.3 is 4.42 Å². The van der Waals surface area contributed by atoms with Crippen LogP contribution in [-0.2, 0) is 6.18 Å². The minimum Gasteiger partial charge on any atom is -0.414 e. The summed E-state index contributed by atoms with van der Waals surface area (Å²) in [6.45, 7) is 0. The van der Waals surface area contributed by atoms with Crippen LogP contribution in [0.5, 0.6) is 0 Å². The Hall–Kier alpha value is -2.18. The van der Waals surface area contributed by atoms with Crippen LogP contribution < -0.4 is 0 Å². The van der Waals surface area contributed by atoms with Gasteiger partial charge in [-0.2, -0.15) is 13.2 Å². The minimum absolute atomic E-state index is 0.000763. The first kappa shape index (κ1) is 11.3. The van der Waals surface area contributed by atoms with Gasteiger partial charge in [-0.3, -0.25) is 4.79 Å². The van der Waals surface area contributed by atoms with Crippen molar-refractivity contribution in [3.8, 4) is 11.5 Å². The predicted octanol–water partition coefficient (Wildman–Crippen LogP) is 2.57. The number of carbonyl (C=O) groups is 1. The molecule has 7 heteroatoms. The summed E-state index contributed by atoms with van der Waals surface area (Å²) in [5.74, 6) is -0.222. The van der Waals surface area contributed by atoms with E-state index >= 15 is 0 Å². The molecular formula is C10H5F3N2O2. The van der Waals surface area contributed by atoms with E-state index in [1.54, 1.807) is 0 Å². The van der Waals surface area contributed by atoms with E-state index in [-0.39, 0.29) is 11.8 Å². The van der Waals surface area contributed by atoms with Gasteiger partial charge in [-0.25, -0.2) is 0 Å². The Morgan fingerprint density at radius 3 is 2.24 bits per heavy atom. The summed E-state index contributed by atoms with van der Waals surface area (Å²) in [6.07, 6.45) is -4.03. The van der Waals surface area contributed by atoms with Crippen molar-refractivity contribution in [1.29, 1.82) is 0 Å². The zero-order valence-corrected chi connectivity index (χ0v) is 8.23. The van der Waals surface area contributed by atoms with Crippen LogP contribution >= 0.6 is 0 Å². The van der Waals surface area contributed by atoms with Gasteiger partial charge in [0.25, 0.3) is 5.89 Å². The second kappa shape index (κ2) is 4.00. The summed E-state index contributed by atoms with van der Waals surface area (Å²) in [5, 5.41) is 6.90. The van der Waals surface area contributed by atoms with Crippen molar-refractivity contribution in [3.05, 3.63) is 35.7 Å². The Bertz CT molecular complexity index is 531. The van der Waals surface area contributed by atoms with Crippen LogP contribution in [0, 0.1) is 0 Å². The van der Waals surface area contributed by atoms with E-state index in [1.807, 2.05) is 0 Å². The molecule has 0 amide bonds. The van der Waals surface area contributed by atoms with Gasteiger partial charge in [0.2, 0.25) is 12.2 Å². The molecule has 0 radical (unpaired) electrons. The van der Waals surface area contributed by atoms with E-state index < -0.39 is 11.7 Å². The zero-order chi connectivity index (χ0) is 12.5. The predicted molar refractivity (Wildman–Crippen MR) is 50.1 cm³/mol. The molecule has 0 spiro atoms. The molecule has 1 aromatic carbocycles. The fraction of sp³-hybridized carbons (Fsp3) is 0.100. The zero-order valence-electron chi connectivity index (χ0n) is 8.23. The summed E-state index contributed by atoms with van der Waals surface area (Å²) in [7, 11) is 0. The second-order valence-electron chi connectivity index (χ2n) is 3.14. The maximum atomic E-state index is 12.3. The lowest BCUT2D eigenvalue weighted by Gasteiger charge is -2.05. The van der Waals surface area contributed by atoms with Crippen molar-refractivity contribution in [1.82, 2.24) is 10.2 Å². The number of aromatic nitrogens is 2. The fourth-order valence-electron chi connectivity index (χ4n) is 1.20. The van der Waals surface area contributed by atoms with Crippen LogP contribution in [0.3, 0.4) is 0 Å². The number of alkyl halides is 3. The third-order valence-electron chi connectivity index (χ3n) is 2.00. The van der Waals surface area contributed by atoms with Gasteiger partial charge in [-0.05, 0) is 24.3 Å². The third kappa shape index (κ3) is 2.32. The van der Waals surface area contributed by atoms with Gasteiger partial charge >= 0.3 is 6.18 Å². The van der Waals surface area contributed by atoms with Gasteiger partial charge in [-0.1, -0.05) is 0 Å². The highest BCUT2D eigenvalue weighted by molar-refractivity contribution is 5.68.